The molecule has 0 bridgehead atoms. The third-order valence-corrected chi connectivity index (χ3v) is 2.44. The smallest absolute Gasteiger partial charge is 0.227 e. The second-order valence-corrected chi connectivity index (χ2v) is 4.16. The number of methoxy groups -OCH3 is 1. The molecule has 1 atom stereocenters. The first-order valence-electron chi connectivity index (χ1n) is 5.49. The van der Waals surface area contributed by atoms with Gasteiger partial charge in [-0.1, -0.05) is 12.1 Å². The fraction of sp³-hybridized carbons (Fsp3) is 0.462. The first-order valence-corrected chi connectivity index (χ1v) is 5.49. The van der Waals surface area contributed by atoms with Crippen LogP contribution in [0.5, 0.6) is 5.75 Å². The van der Waals surface area contributed by atoms with Crippen molar-refractivity contribution >= 4 is 5.91 Å². The third-order valence-electron chi connectivity index (χ3n) is 2.44. The Bertz CT molecular complexity index is 343. The molecule has 88 valence electrons. The zero-order valence-corrected chi connectivity index (χ0v) is 10.3. The van der Waals surface area contributed by atoms with Crippen LogP contribution in [0.3, 0.4) is 0 Å². The van der Waals surface area contributed by atoms with Gasteiger partial charge < -0.3 is 10.1 Å². The van der Waals surface area contributed by atoms with Crippen LogP contribution in [0.1, 0.15) is 32.3 Å². The summed E-state index contributed by atoms with van der Waals surface area (Å²) in [7, 11) is 1.63. The van der Waals surface area contributed by atoms with Crippen LogP contribution in [0, 0.1) is 0 Å². The van der Waals surface area contributed by atoms with Crippen molar-refractivity contribution in [3.8, 4) is 5.75 Å². The number of carbonyl (C=O) groups is 1. The molecular formula is C13H19NO2. The SMILES string of the molecule is COc1ccc(C(C)C(=O)NC(C)C)cc1. The van der Waals surface area contributed by atoms with E-state index < -0.39 is 0 Å². The molecule has 1 amide bonds. The number of hydrogen-bond donors (Lipinski definition) is 1. The van der Waals surface area contributed by atoms with Crippen LogP contribution >= 0.6 is 0 Å². The molecule has 0 fully saturated rings. The van der Waals surface area contributed by atoms with Crippen LogP contribution in [0.15, 0.2) is 24.3 Å². The number of nitrogens with one attached hydrogen (secondary N) is 1. The first-order chi connectivity index (χ1) is 7.54. The summed E-state index contributed by atoms with van der Waals surface area (Å²) in [5, 5.41) is 2.90. The molecule has 1 aromatic carbocycles. The van der Waals surface area contributed by atoms with Crippen molar-refractivity contribution < 1.29 is 9.53 Å². The lowest BCUT2D eigenvalue weighted by Crippen LogP contribution is -2.33. The summed E-state index contributed by atoms with van der Waals surface area (Å²) in [6.07, 6.45) is 0. The summed E-state index contributed by atoms with van der Waals surface area (Å²) in [6.45, 7) is 5.82. The number of amides is 1. The minimum Gasteiger partial charge on any atom is -0.497 e. The molecule has 0 aromatic heterocycles. The van der Waals surface area contributed by atoms with Crippen LogP contribution in [0.2, 0.25) is 0 Å². The fourth-order valence-electron chi connectivity index (χ4n) is 1.45. The Kier molecular flexibility index (Phi) is 4.35. The minimum absolute atomic E-state index is 0.0557. The standard InChI is InChI=1S/C13H19NO2/c1-9(2)14-13(15)10(3)11-5-7-12(16-4)8-6-11/h5-10H,1-4H3,(H,14,15). The summed E-state index contributed by atoms with van der Waals surface area (Å²) < 4.78 is 5.07. The molecule has 16 heavy (non-hydrogen) atoms. The molecule has 1 aromatic rings. The fourth-order valence-corrected chi connectivity index (χ4v) is 1.45. The second kappa shape index (κ2) is 5.54. The average Bonchev–Trinajstić information content (AvgIpc) is 2.27. The average molecular weight is 221 g/mol. The Morgan fingerprint density at radius 2 is 1.75 bits per heavy atom. The Morgan fingerprint density at radius 1 is 1.19 bits per heavy atom. The van der Waals surface area contributed by atoms with E-state index in [0.717, 1.165) is 11.3 Å². The van der Waals surface area contributed by atoms with E-state index in [1.165, 1.54) is 0 Å². The number of benzene rings is 1. The molecule has 0 saturated heterocycles. The summed E-state index contributed by atoms with van der Waals surface area (Å²) >= 11 is 0. The Balaban J connectivity index is 2.72. The van der Waals surface area contributed by atoms with E-state index in [0.29, 0.717) is 0 Å². The number of carbonyl (C=O) groups excluding carboxylic acids is 1. The van der Waals surface area contributed by atoms with Crippen LogP contribution in [0.25, 0.3) is 0 Å². The maximum atomic E-state index is 11.8. The topological polar surface area (TPSA) is 38.3 Å². The molecule has 1 rings (SSSR count). The number of ether oxygens (including phenoxy) is 1. The maximum absolute atomic E-state index is 11.8. The van der Waals surface area contributed by atoms with Crippen molar-refractivity contribution in [1.29, 1.82) is 0 Å². The van der Waals surface area contributed by atoms with Crippen molar-refractivity contribution in [2.24, 2.45) is 0 Å². The molecule has 0 radical (unpaired) electrons. The van der Waals surface area contributed by atoms with Crippen molar-refractivity contribution in [3.05, 3.63) is 29.8 Å². The molecule has 0 heterocycles. The van der Waals surface area contributed by atoms with Gasteiger partial charge in [-0.2, -0.15) is 0 Å². The Hall–Kier alpha value is -1.51. The molecule has 3 heteroatoms. The highest BCUT2D eigenvalue weighted by atomic mass is 16.5. The molecule has 0 aliphatic rings. The molecule has 0 spiro atoms. The molecule has 1 N–H and O–H groups in total. The molecule has 0 aliphatic heterocycles. The Labute approximate surface area is 96.8 Å². The van der Waals surface area contributed by atoms with E-state index in [2.05, 4.69) is 5.32 Å². The zero-order chi connectivity index (χ0) is 12.1. The van der Waals surface area contributed by atoms with Crippen LogP contribution in [0.4, 0.5) is 0 Å². The zero-order valence-electron chi connectivity index (χ0n) is 10.3. The normalized spacial score (nSPS) is 12.3. The van der Waals surface area contributed by atoms with Gasteiger partial charge >= 0.3 is 0 Å². The summed E-state index contributed by atoms with van der Waals surface area (Å²) in [4.78, 5) is 11.8. The molecule has 3 nitrogen and oxygen atoms in total. The van der Waals surface area contributed by atoms with E-state index in [1.807, 2.05) is 45.0 Å². The van der Waals surface area contributed by atoms with E-state index >= 15 is 0 Å². The highest BCUT2D eigenvalue weighted by Crippen LogP contribution is 2.19. The van der Waals surface area contributed by atoms with Gasteiger partial charge in [0.2, 0.25) is 5.91 Å². The van der Waals surface area contributed by atoms with E-state index in [-0.39, 0.29) is 17.9 Å². The van der Waals surface area contributed by atoms with Gasteiger partial charge in [-0.25, -0.2) is 0 Å². The van der Waals surface area contributed by atoms with Gasteiger partial charge in [-0.3, -0.25) is 4.79 Å². The first kappa shape index (κ1) is 12.6. The van der Waals surface area contributed by atoms with E-state index in [1.54, 1.807) is 7.11 Å². The summed E-state index contributed by atoms with van der Waals surface area (Å²) in [6, 6.07) is 7.75. The largest absolute Gasteiger partial charge is 0.497 e. The highest BCUT2D eigenvalue weighted by molar-refractivity contribution is 5.83. The summed E-state index contributed by atoms with van der Waals surface area (Å²) in [5.41, 5.74) is 0.999. The number of rotatable bonds is 4. The van der Waals surface area contributed by atoms with Gasteiger partial charge in [0.25, 0.3) is 0 Å². The highest BCUT2D eigenvalue weighted by Gasteiger charge is 2.15. The number of hydrogen-bond acceptors (Lipinski definition) is 2. The van der Waals surface area contributed by atoms with Gasteiger partial charge in [-0.05, 0) is 38.5 Å². The van der Waals surface area contributed by atoms with Gasteiger partial charge in [0.15, 0.2) is 0 Å². The van der Waals surface area contributed by atoms with Crippen LogP contribution < -0.4 is 10.1 Å². The molecule has 0 saturated carbocycles. The van der Waals surface area contributed by atoms with E-state index in [9.17, 15) is 4.79 Å². The lowest BCUT2D eigenvalue weighted by Gasteiger charge is -2.15. The summed E-state index contributed by atoms with van der Waals surface area (Å²) in [5.74, 6) is 0.730. The van der Waals surface area contributed by atoms with Crippen molar-refractivity contribution in [2.75, 3.05) is 7.11 Å². The van der Waals surface area contributed by atoms with Crippen LogP contribution in [-0.2, 0) is 4.79 Å². The predicted molar refractivity (Wildman–Crippen MR) is 64.7 cm³/mol. The lowest BCUT2D eigenvalue weighted by atomic mass is 10.00. The van der Waals surface area contributed by atoms with Crippen molar-refractivity contribution in [2.45, 2.75) is 32.7 Å². The second-order valence-electron chi connectivity index (χ2n) is 4.16. The quantitative estimate of drug-likeness (QED) is 0.847. The monoisotopic (exact) mass is 221 g/mol. The maximum Gasteiger partial charge on any atom is 0.227 e. The molecule has 1 unspecified atom stereocenters. The van der Waals surface area contributed by atoms with Crippen LogP contribution in [-0.4, -0.2) is 19.1 Å². The third kappa shape index (κ3) is 3.26. The van der Waals surface area contributed by atoms with Gasteiger partial charge in [-0.15, -0.1) is 0 Å². The predicted octanol–water partition coefficient (Wildman–Crippen LogP) is 2.32. The molecule has 0 aliphatic carbocycles. The molecular weight excluding hydrogens is 202 g/mol. The van der Waals surface area contributed by atoms with Gasteiger partial charge in [0, 0.05) is 6.04 Å². The lowest BCUT2D eigenvalue weighted by molar-refractivity contribution is -0.122. The Morgan fingerprint density at radius 3 is 2.19 bits per heavy atom. The minimum atomic E-state index is -0.131. The van der Waals surface area contributed by atoms with Crippen molar-refractivity contribution in [1.82, 2.24) is 5.32 Å². The van der Waals surface area contributed by atoms with Gasteiger partial charge in [0.1, 0.15) is 5.75 Å². The van der Waals surface area contributed by atoms with Crippen molar-refractivity contribution in [3.63, 3.8) is 0 Å². The van der Waals surface area contributed by atoms with E-state index in [4.69, 9.17) is 4.74 Å². The van der Waals surface area contributed by atoms with Gasteiger partial charge in [0.05, 0.1) is 13.0 Å².